The van der Waals surface area contributed by atoms with Gasteiger partial charge < -0.3 is 4.43 Å². The topological polar surface area (TPSA) is 26.3 Å². The van der Waals surface area contributed by atoms with Crippen molar-refractivity contribution in [3.8, 4) is 0 Å². The molecule has 0 aliphatic rings. The molecule has 0 spiro atoms. The molecule has 0 aliphatic heterocycles. The van der Waals surface area contributed by atoms with E-state index < -0.39 is 30.8 Å². The van der Waals surface area contributed by atoms with Crippen LogP contribution < -0.4 is 0 Å². The molecule has 0 radical (unpaired) electrons. The van der Waals surface area contributed by atoms with Crippen molar-refractivity contribution >= 4 is 36.5 Å². The number of rotatable bonds is 4. The maximum absolute atomic E-state index is 12.4. The normalized spacial score (nSPS) is 14.1. The average molecular weight is 295 g/mol. The van der Waals surface area contributed by atoms with Gasteiger partial charge in [-0.1, -0.05) is 39.3 Å². The van der Waals surface area contributed by atoms with Crippen LogP contribution in [0.3, 0.4) is 0 Å². The summed E-state index contributed by atoms with van der Waals surface area (Å²) in [6.07, 6.45) is 0. The molecule has 96 valence electrons. The zero-order valence-corrected chi connectivity index (χ0v) is 16.2. The van der Waals surface area contributed by atoms with Gasteiger partial charge in [0.2, 0.25) is 8.32 Å². The molecule has 0 unspecified atom stereocenters. The molecule has 0 saturated carbocycles. The summed E-state index contributed by atoms with van der Waals surface area (Å²) >= 11 is 0. The lowest BCUT2D eigenvalue weighted by Crippen LogP contribution is -2.39. The van der Waals surface area contributed by atoms with Crippen LogP contribution in [0.25, 0.3) is 0 Å². The van der Waals surface area contributed by atoms with Gasteiger partial charge in [0.1, 0.15) is 0 Å². The van der Waals surface area contributed by atoms with Crippen molar-refractivity contribution in [3.63, 3.8) is 0 Å². The minimum absolute atomic E-state index is 0.160. The van der Waals surface area contributed by atoms with Gasteiger partial charge in [-0.15, -0.1) is 0 Å². The van der Waals surface area contributed by atoms with E-state index in [-0.39, 0.29) is 5.71 Å². The molecular formula is C10H27O2PSi3. The molecule has 0 bridgehead atoms. The van der Waals surface area contributed by atoms with E-state index in [4.69, 9.17) is 4.43 Å². The number of carbonyl (C=O) groups excluding carboxylic acids is 1. The number of hydrogen-bond donors (Lipinski definition) is 0. The van der Waals surface area contributed by atoms with E-state index in [1.54, 1.807) is 0 Å². The molecule has 0 fully saturated rings. The second-order valence-corrected chi connectivity index (χ2v) is 33.4. The van der Waals surface area contributed by atoms with Crippen molar-refractivity contribution in [2.24, 2.45) is 0 Å². The van der Waals surface area contributed by atoms with Gasteiger partial charge in [-0.25, -0.2) is 4.79 Å². The van der Waals surface area contributed by atoms with Crippen molar-refractivity contribution in [1.82, 2.24) is 0 Å². The van der Waals surface area contributed by atoms with Crippen LogP contribution in [0, 0.1) is 0 Å². The largest absolute Gasteiger partial charge is 0.517 e. The second-order valence-electron chi connectivity index (χ2n) is 7.16. The van der Waals surface area contributed by atoms with Crippen LogP contribution in [-0.4, -0.2) is 29.5 Å². The molecule has 0 heterocycles. The summed E-state index contributed by atoms with van der Waals surface area (Å²) < 4.78 is 5.75. The highest BCUT2D eigenvalue weighted by atomic mass is 31.6. The first-order valence-electron chi connectivity index (χ1n) is 5.78. The lowest BCUT2D eigenvalue weighted by molar-refractivity contribution is 0.225. The van der Waals surface area contributed by atoms with E-state index >= 15 is 0 Å². The Morgan fingerprint density at radius 2 is 1.12 bits per heavy atom. The smallest absolute Gasteiger partial charge is 0.304 e. The fourth-order valence-electron chi connectivity index (χ4n) is 1.86. The van der Waals surface area contributed by atoms with Crippen molar-refractivity contribution < 1.29 is 9.22 Å². The van der Waals surface area contributed by atoms with E-state index in [0.717, 1.165) is 0 Å². The summed E-state index contributed by atoms with van der Waals surface area (Å²) in [5.74, 6) is 0. The van der Waals surface area contributed by atoms with Crippen LogP contribution in [0.15, 0.2) is 0 Å². The van der Waals surface area contributed by atoms with Crippen LogP contribution in [0.4, 0.5) is 4.79 Å². The standard InChI is InChI=1S/C10H27O2PSi3/c1-14(2,3)12-10(11)13(15(4,5)6)16(7,8)9/h1-9H3. The molecule has 0 aromatic heterocycles. The first-order valence-corrected chi connectivity index (χ1v) is 19.2. The first-order chi connectivity index (χ1) is 6.75. The van der Waals surface area contributed by atoms with Crippen molar-refractivity contribution in [1.29, 1.82) is 0 Å². The summed E-state index contributed by atoms with van der Waals surface area (Å²) in [4.78, 5) is 12.4. The molecule has 16 heavy (non-hydrogen) atoms. The van der Waals surface area contributed by atoms with E-state index in [1.165, 1.54) is 0 Å². The average Bonchev–Trinajstić information content (AvgIpc) is 1.70. The van der Waals surface area contributed by atoms with E-state index in [0.29, 0.717) is 0 Å². The molecule has 0 aromatic carbocycles. The van der Waals surface area contributed by atoms with Gasteiger partial charge >= 0.3 is 5.71 Å². The fourth-order valence-corrected chi connectivity index (χ4v) is 34.9. The Morgan fingerprint density at radius 3 is 1.31 bits per heavy atom. The van der Waals surface area contributed by atoms with Gasteiger partial charge in [0.05, 0.1) is 15.5 Å². The monoisotopic (exact) mass is 294 g/mol. The Kier molecular flexibility index (Phi) is 5.22. The molecule has 0 aromatic rings. The number of carbonyl (C=O) groups is 1. The Morgan fingerprint density at radius 1 is 0.812 bits per heavy atom. The predicted octanol–water partition coefficient (Wildman–Crippen LogP) is 5.11. The molecule has 0 rings (SSSR count). The third-order valence-corrected chi connectivity index (χ3v) is 27.2. The van der Waals surface area contributed by atoms with Crippen LogP contribution in [0.1, 0.15) is 0 Å². The highest BCUT2D eigenvalue weighted by molar-refractivity contribution is 8.27. The molecule has 2 nitrogen and oxygen atoms in total. The van der Waals surface area contributed by atoms with Crippen molar-refractivity contribution in [2.75, 3.05) is 0 Å². The first kappa shape index (κ1) is 16.6. The minimum atomic E-state index is -1.73. The molecule has 0 saturated heterocycles. The Labute approximate surface area is 105 Å². The molecule has 0 amide bonds. The molecule has 0 atom stereocenters. The van der Waals surface area contributed by atoms with Crippen molar-refractivity contribution in [2.45, 2.75) is 58.9 Å². The number of hydrogen-bond acceptors (Lipinski definition) is 2. The molecule has 6 heteroatoms. The summed E-state index contributed by atoms with van der Waals surface area (Å²) in [7, 11) is -5.07. The van der Waals surface area contributed by atoms with Crippen LogP contribution in [-0.2, 0) is 4.43 Å². The highest BCUT2D eigenvalue weighted by Gasteiger charge is 2.44. The maximum Gasteiger partial charge on any atom is 0.304 e. The Bertz CT molecular complexity index is 247. The van der Waals surface area contributed by atoms with Crippen LogP contribution >= 0.6 is 7.02 Å². The third kappa shape index (κ3) is 5.75. The van der Waals surface area contributed by atoms with Crippen LogP contribution in [0.5, 0.6) is 0 Å². The van der Waals surface area contributed by atoms with E-state index in [2.05, 4.69) is 58.9 Å². The zero-order valence-electron chi connectivity index (χ0n) is 12.3. The lowest BCUT2D eigenvalue weighted by atomic mass is 11.6. The van der Waals surface area contributed by atoms with Gasteiger partial charge in [0, 0.05) is 0 Å². The van der Waals surface area contributed by atoms with Gasteiger partial charge in [-0.05, 0) is 26.7 Å². The summed E-state index contributed by atoms with van der Waals surface area (Å²) in [6, 6.07) is 0. The van der Waals surface area contributed by atoms with E-state index in [1.807, 2.05) is 0 Å². The van der Waals surface area contributed by atoms with Gasteiger partial charge in [-0.2, -0.15) is 0 Å². The molecule has 0 aliphatic carbocycles. The fraction of sp³-hybridized carbons (Fsp3) is 0.900. The summed E-state index contributed by atoms with van der Waals surface area (Å²) in [6.45, 7) is 20.1. The molecular weight excluding hydrogens is 267 g/mol. The minimum Gasteiger partial charge on any atom is -0.517 e. The van der Waals surface area contributed by atoms with Gasteiger partial charge in [0.15, 0.2) is 0 Å². The van der Waals surface area contributed by atoms with Crippen LogP contribution in [0.2, 0.25) is 58.9 Å². The Balaban J connectivity index is 5.03. The maximum atomic E-state index is 12.4. The lowest BCUT2D eigenvalue weighted by Gasteiger charge is -2.38. The Hall–Kier alpha value is 0.551. The predicted molar refractivity (Wildman–Crippen MR) is 83.4 cm³/mol. The molecule has 0 N–H and O–H groups in total. The highest BCUT2D eigenvalue weighted by Crippen LogP contribution is 2.56. The van der Waals surface area contributed by atoms with Gasteiger partial charge in [-0.3, -0.25) is 0 Å². The zero-order chi connectivity index (χ0) is 13.4. The quantitative estimate of drug-likeness (QED) is 0.532. The van der Waals surface area contributed by atoms with E-state index in [9.17, 15) is 4.79 Å². The third-order valence-electron chi connectivity index (χ3n) is 1.92. The second kappa shape index (κ2) is 5.04. The summed E-state index contributed by atoms with van der Waals surface area (Å²) in [5.41, 5.74) is 0.160. The SMILES string of the molecule is C[Si](C)(C)OC(=O)P([Si](C)(C)C)[Si](C)(C)C. The summed E-state index contributed by atoms with van der Waals surface area (Å²) in [5, 5.41) is 0. The van der Waals surface area contributed by atoms with Crippen molar-refractivity contribution in [3.05, 3.63) is 0 Å². The van der Waals surface area contributed by atoms with Gasteiger partial charge in [0.25, 0.3) is 0 Å².